The SMILES string of the molecule is CC(C)(C)OC(=O)CNC(=O)c1cccc(NC(=O)NCc2nc3ccccc3[nH]2)c1. The molecule has 9 nitrogen and oxygen atoms in total. The molecule has 3 rings (SSSR count). The summed E-state index contributed by atoms with van der Waals surface area (Å²) in [5.74, 6) is -0.344. The predicted octanol–water partition coefficient (Wildman–Crippen LogP) is 2.96. The molecule has 0 saturated carbocycles. The number of rotatable bonds is 6. The molecule has 0 atom stereocenters. The summed E-state index contributed by atoms with van der Waals surface area (Å²) in [5, 5.41) is 7.89. The highest BCUT2D eigenvalue weighted by Gasteiger charge is 2.17. The minimum absolute atomic E-state index is 0.219. The Morgan fingerprint density at radius 1 is 1.03 bits per heavy atom. The van der Waals surface area contributed by atoms with E-state index in [1.165, 1.54) is 6.07 Å². The van der Waals surface area contributed by atoms with E-state index in [9.17, 15) is 14.4 Å². The van der Waals surface area contributed by atoms with Crippen molar-refractivity contribution in [1.29, 1.82) is 0 Å². The Kier molecular flexibility index (Phi) is 6.54. The molecule has 3 aromatic rings. The van der Waals surface area contributed by atoms with E-state index in [0.717, 1.165) is 11.0 Å². The molecule has 0 aliphatic carbocycles. The second kappa shape index (κ2) is 9.29. The molecule has 2 aromatic carbocycles. The number of urea groups is 1. The number of hydrogen-bond acceptors (Lipinski definition) is 5. The lowest BCUT2D eigenvalue weighted by molar-refractivity contribution is -0.153. The maximum absolute atomic E-state index is 12.3. The Morgan fingerprint density at radius 2 is 1.81 bits per heavy atom. The summed E-state index contributed by atoms with van der Waals surface area (Å²) in [4.78, 5) is 43.8. The van der Waals surface area contributed by atoms with Gasteiger partial charge in [0, 0.05) is 11.3 Å². The Balaban J connectivity index is 1.51. The number of H-pyrrole nitrogens is 1. The fourth-order valence-electron chi connectivity index (χ4n) is 2.80. The molecule has 4 N–H and O–H groups in total. The average molecular weight is 423 g/mol. The summed E-state index contributed by atoms with van der Waals surface area (Å²) in [6.07, 6.45) is 0. The number of carbonyl (C=O) groups excluding carboxylic acids is 3. The zero-order valence-corrected chi connectivity index (χ0v) is 17.6. The smallest absolute Gasteiger partial charge is 0.325 e. The minimum atomic E-state index is -0.624. The number of fused-ring (bicyclic) bond motifs is 1. The molecule has 1 aromatic heterocycles. The summed E-state index contributed by atoms with van der Waals surface area (Å²) in [5.41, 5.74) is 1.83. The molecule has 162 valence electrons. The fraction of sp³-hybridized carbons (Fsp3) is 0.273. The number of esters is 1. The van der Waals surface area contributed by atoms with Crippen LogP contribution in [0.5, 0.6) is 0 Å². The van der Waals surface area contributed by atoms with E-state index in [0.29, 0.717) is 17.1 Å². The van der Waals surface area contributed by atoms with Crippen molar-refractivity contribution >= 4 is 34.6 Å². The summed E-state index contributed by atoms with van der Waals surface area (Å²) in [7, 11) is 0. The second-order valence-electron chi connectivity index (χ2n) is 7.86. The normalized spacial score (nSPS) is 11.1. The van der Waals surface area contributed by atoms with E-state index in [1.54, 1.807) is 39.0 Å². The van der Waals surface area contributed by atoms with Crippen LogP contribution in [0.2, 0.25) is 0 Å². The largest absolute Gasteiger partial charge is 0.459 e. The van der Waals surface area contributed by atoms with Gasteiger partial charge in [-0.1, -0.05) is 18.2 Å². The molecule has 0 bridgehead atoms. The van der Waals surface area contributed by atoms with Crippen molar-refractivity contribution in [2.24, 2.45) is 0 Å². The van der Waals surface area contributed by atoms with Crippen LogP contribution in [-0.2, 0) is 16.1 Å². The zero-order chi connectivity index (χ0) is 22.4. The highest BCUT2D eigenvalue weighted by atomic mass is 16.6. The van der Waals surface area contributed by atoms with Crippen LogP contribution in [0, 0.1) is 0 Å². The Bertz CT molecular complexity index is 1070. The van der Waals surface area contributed by atoms with E-state index < -0.39 is 23.5 Å². The first-order chi connectivity index (χ1) is 14.7. The number of carbonyl (C=O) groups is 3. The van der Waals surface area contributed by atoms with Gasteiger partial charge in [-0.15, -0.1) is 0 Å². The highest BCUT2D eigenvalue weighted by Crippen LogP contribution is 2.12. The molecule has 0 saturated heterocycles. The molecular weight excluding hydrogens is 398 g/mol. The average Bonchev–Trinajstić information content (AvgIpc) is 3.12. The second-order valence-corrected chi connectivity index (χ2v) is 7.86. The number of amides is 3. The Morgan fingerprint density at radius 3 is 2.55 bits per heavy atom. The number of nitrogens with one attached hydrogen (secondary N) is 4. The van der Waals surface area contributed by atoms with Crippen molar-refractivity contribution in [1.82, 2.24) is 20.6 Å². The topological polar surface area (TPSA) is 125 Å². The molecule has 0 aliphatic heterocycles. The zero-order valence-electron chi connectivity index (χ0n) is 17.6. The summed E-state index contributed by atoms with van der Waals surface area (Å²) in [6, 6.07) is 13.5. The van der Waals surface area contributed by atoms with Crippen LogP contribution in [0.4, 0.5) is 10.5 Å². The third-order valence-electron chi connectivity index (χ3n) is 4.05. The molecule has 0 fully saturated rings. The molecule has 31 heavy (non-hydrogen) atoms. The summed E-state index contributed by atoms with van der Waals surface area (Å²) in [6.45, 7) is 5.23. The van der Waals surface area contributed by atoms with Crippen molar-refractivity contribution < 1.29 is 19.1 Å². The molecule has 0 unspecified atom stereocenters. The standard InChI is InChI=1S/C22H25N5O4/c1-22(2,3)31-19(28)13-23-20(29)14-7-6-8-15(11-14)25-21(30)24-12-18-26-16-9-4-5-10-17(16)27-18/h4-11H,12-13H2,1-3H3,(H,23,29)(H,26,27)(H2,24,25,30). The Labute approximate surface area is 179 Å². The maximum Gasteiger partial charge on any atom is 0.325 e. The molecule has 0 radical (unpaired) electrons. The van der Waals surface area contributed by atoms with Gasteiger partial charge >= 0.3 is 12.0 Å². The number of hydrogen-bond donors (Lipinski definition) is 4. The van der Waals surface area contributed by atoms with Crippen LogP contribution in [0.1, 0.15) is 37.0 Å². The van der Waals surface area contributed by atoms with Crippen molar-refractivity contribution in [2.45, 2.75) is 32.9 Å². The summed E-state index contributed by atoms with van der Waals surface area (Å²) < 4.78 is 5.16. The van der Waals surface area contributed by atoms with Crippen molar-refractivity contribution in [2.75, 3.05) is 11.9 Å². The van der Waals surface area contributed by atoms with Gasteiger partial charge in [-0.25, -0.2) is 9.78 Å². The van der Waals surface area contributed by atoms with Crippen LogP contribution in [0.25, 0.3) is 11.0 Å². The number of ether oxygens (including phenoxy) is 1. The van der Waals surface area contributed by atoms with Gasteiger partial charge in [-0.3, -0.25) is 9.59 Å². The molecular formula is C22H25N5O4. The lowest BCUT2D eigenvalue weighted by atomic mass is 10.2. The molecule has 3 amide bonds. The van der Waals surface area contributed by atoms with Gasteiger partial charge < -0.3 is 25.7 Å². The lowest BCUT2D eigenvalue weighted by Crippen LogP contribution is -2.34. The van der Waals surface area contributed by atoms with E-state index >= 15 is 0 Å². The van der Waals surface area contributed by atoms with Crippen LogP contribution in [-0.4, -0.2) is 40.0 Å². The lowest BCUT2D eigenvalue weighted by Gasteiger charge is -2.19. The van der Waals surface area contributed by atoms with Gasteiger partial charge in [-0.05, 0) is 51.1 Å². The number of aromatic amines is 1. The molecule has 9 heteroatoms. The number of aromatic nitrogens is 2. The van der Waals surface area contributed by atoms with E-state index in [1.807, 2.05) is 24.3 Å². The first-order valence-corrected chi connectivity index (χ1v) is 9.78. The van der Waals surface area contributed by atoms with Gasteiger partial charge in [0.2, 0.25) is 0 Å². The molecule has 0 spiro atoms. The van der Waals surface area contributed by atoms with Gasteiger partial charge in [0.25, 0.3) is 5.91 Å². The molecule has 1 heterocycles. The number of nitrogens with zero attached hydrogens (tertiary/aromatic N) is 1. The highest BCUT2D eigenvalue weighted by molar-refractivity contribution is 5.98. The Hall–Kier alpha value is -3.88. The quantitative estimate of drug-likeness (QED) is 0.454. The van der Waals surface area contributed by atoms with Gasteiger partial charge in [0.1, 0.15) is 18.0 Å². The van der Waals surface area contributed by atoms with Crippen LogP contribution in [0.3, 0.4) is 0 Å². The van der Waals surface area contributed by atoms with E-state index in [2.05, 4.69) is 25.9 Å². The summed E-state index contributed by atoms with van der Waals surface area (Å²) >= 11 is 0. The van der Waals surface area contributed by atoms with Gasteiger partial charge in [0.15, 0.2) is 0 Å². The van der Waals surface area contributed by atoms with E-state index in [-0.39, 0.29) is 13.1 Å². The third-order valence-corrected chi connectivity index (χ3v) is 4.05. The number of benzene rings is 2. The van der Waals surface area contributed by atoms with Crippen molar-refractivity contribution in [3.63, 3.8) is 0 Å². The fourth-order valence-corrected chi connectivity index (χ4v) is 2.80. The van der Waals surface area contributed by atoms with Crippen molar-refractivity contribution in [3.8, 4) is 0 Å². The van der Waals surface area contributed by atoms with Crippen LogP contribution < -0.4 is 16.0 Å². The minimum Gasteiger partial charge on any atom is -0.459 e. The van der Waals surface area contributed by atoms with Crippen LogP contribution in [0.15, 0.2) is 48.5 Å². The first kappa shape index (κ1) is 21.8. The maximum atomic E-state index is 12.3. The van der Waals surface area contributed by atoms with Crippen LogP contribution >= 0.6 is 0 Å². The molecule has 0 aliphatic rings. The first-order valence-electron chi connectivity index (χ1n) is 9.78. The third kappa shape index (κ3) is 6.56. The van der Waals surface area contributed by atoms with Gasteiger partial charge in [-0.2, -0.15) is 0 Å². The number of anilines is 1. The predicted molar refractivity (Wildman–Crippen MR) is 117 cm³/mol. The monoisotopic (exact) mass is 423 g/mol. The van der Waals surface area contributed by atoms with Gasteiger partial charge in [0.05, 0.1) is 17.6 Å². The van der Waals surface area contributed by atoms with Crippen molar-refractivity contribution in [3.05, 3.63) is 59.9 Å². The number of para-hydroxylation sites is 2. The van der Waals surface area contributed by atoms with E-state index in [4.69, 9.17) is 4.74 Å². The number of imidazole rings is 1.